The molecule has 46 valence electrons. The number of nitrogens with one attached hydrogen (secondary N) is 1. The topological polar surface area (TPSA) is 55.2 Å². The van der Waals surface area contributed by atoms with Crippen molar-refractivity contribution in [2.45, 2.75) is 5.50 Å². The number of nitro groups is 1. The highest BCUT2D eigenvalue weighted by Crippen LogP contribution is 2.12. The van der Waals surface area contributed by atoms with Gasteiger partial charge in [0.15, 0.2) is 0 Å². The van der Waals surface area contributed by atoms with Crippen LogP contribution in [-0.2, 0) is 0 Å². The lowest BCUT2D eigenvalue weighted by Crippen LogP contribution is -2.27. The largest absolute Gasteiger partial charge is 0.313 e. The summed E-state index contributed by atoms with van der Waals surface area (Å²) in [7, 11) is 0. The zero-order chi connectivity index (χ0) is 5.98. The fourth-order valence-electron chi connectivity index (χ4n) is 0.547. The minimum absolute atomic E-state index is 0.308. The van der Waals surface area contributed by atoms with Gasteiger partial charge in [0.2, 0.25) is 0 Å². The van der Waals surface area contributed by atoms with Crippen molar-refractivity contribution in [2.75, 3.05) is 12.3 Å². The second kappa shape index (κ2) is 2.32. The van der Waals surface area contributed by atoms with Gasteiger partial charge in [-0.15, -0.1) is 0 Å². The molecule has 1 rings (SSSR count). The summed E-state index contributed by atoms with van der Waals surface area (Å²) in [5, 5.41) is 12.6. The highest BCUT2D eigenvalue weighted by atomic mass is 32.2. The normalized spacial score (nSPS) is 28.2. The van der Waals surface area contributed by atoms with Crippen LogP contribution in [0.15, 0.2) is 0 Å². The smallest absolute Gasteiger partial charge is 0.262 e. The molecule has 1 atom stereocenters. The second-order valence-corrected chi connectivity index (χ2v) is 2.65. The van der Waals surface area contributed by atoms with Crippen LogP contribution in [0.1, 0.15) is 0 Å². The molecule has 0 spiro atoms. The molecule has 1 aliphatic heterocycles. The highest BCUT2D eigenvalue weighted by molar-refractivity contribution is 7.99. The summed E-state index contributed by atoms with van der Waals surface area (Å²) < 4.78 is 0. The molecule has 0 bridgehead atoms. The molecule has 5 heteroatoms. The van der Waals surface area contributed by atoms with Crippen LogP contribution in [0, 0.1) is 10.1 Å². The predicted octanol–water partition coefficient (Wildman–Crippen LogP) is -0.117. The fraction of sp³-hybridized carbons (Fsp3) is 1.00. The van der Waals surface area contributed by atoms with Crippen molar-refractivity contribution in [2.24, 2.45) is 0 Å². The first-order valence-corrected chi connectivity index (χ1v) is 3.34. The minimum Gasteiger partial charge on any atom is -0.262 e. The van der Waals surface area contributed by atoms with E-state index in [1.807, 2.05) is 0 Å². The van der Waals surface area contributed by atoms with Crippen LogP contribution in [0.25, 0.3) is 0 Å². The summed E-state index contributed by atoms with van der Waals surface area (Å²) in [5.41, 5.74) is -0.546. The molecule has 0 saturated carbocycles. The molecule has 0 aromatic carbocycles. The van der Waals surface area contributed by atoms with Crippen molar-refractivity contribution in [1.82, 2.24) is 5.32 Å². The average Bonchev–Trinajstić information content (AvgIpc) is 2.12. The Bertz CT molecular complexity index is 101. The molecule has 1 unspecified atom stereocenters. The molecular weight excluding hydrogens is 128 g/mol. The molecule has 0 radical (unpaired) electrons. The summed E-state index contributed by atoms with van der Waals surface area (Å²) in [4.78, 5) is 9.62. The maximum atomic E-state index is 9.92. The van der Waals surface area contributed by atoms with Crippen LogP contribution in [0.4, 0.5) is 0 Å². The lowest BCUT2D eigenvalue weighted by molar-refractivity contribution is -0.499. The third kappa shape index (κ3) is 1.10. The quantitative estimate of drug-likeness (QED) is 0.401. The summed E-state index contributed by atoms with van der Waals surface area (Å²) in [6.45, 7) is 0.760. The van der Waals surface area contributed by atoms with Gasteiger partial charge in [0.25, 0.3) is 0 Å². The molecule has 1 aliphatic rings. The van der Waals surface area contributed by atoms with Crippen LogP contribution in [0.5, 0.6) is 0 Å². The fourth-order valence-corrected chi connectivity index (χ4v) is 1.36. The van der Waals surface area contributed by atoms with Crippen molar-refractivity contribution in [3.8, 4) is 0 Å². The number of thioether (sulfide) groups is 1. The van der Waals surface area contributed by atoms with E-state index in [9.17, 15) is 10.1 Å². The zero-order valence-corrected chi connectivity index (χ0v) is 4.98. The first-order valence-electron chi connectivity index (χ1n) is 2.29. The molecule has 0 amide bonds. The van der Waals surface area contributed by atoms with Crippen LogP contribution >= 0.6 is 11.8 Å². The highest BCUT2D eigenvalue weighted by Gasteiger charge is 2.23. The maximum absolute atomic E-state index is 9.92. The molecule has 0 aliphatic carbocycles. The monoisotopic (exact) mass is 134 g/mol. The molecule has 4 nitrogen and oxygen atoms in total. The lowest BCUT2D eigenvalue weighted by Gasteiger charge is -1.95. The van der Waals surface area contributed by atoms with Gasteiger partial charge in [-0.2, -0.15) is 0 Å². The van der Waals surface area contributed by atoms with Gasteiger partial charge in [-0.05, 0) is 0 Å². The Morgan fingerprint density at radius 1 is 1.88 bits per heavy atom. The van der Waals surface area contributed by atoms with E-state index in [2.05, 4.69) is 5.32 Å². The number of hydrogen-bond acceptors (Lipinski definition) is 4. The molecule has 1 saturated heterocycles. The molecule has 1 N–H and O–H groups in total. The van der Waals surface area contributed by atoms with Crippen LogP contribution in [0.2, 0.25) is 0 Å². The Morgan fingerprint density at radius 2 is 2.62 bits per heavy atom. The van der Waals surface area contributed by atoms with E-state index in [0.29, 0.717) is 0 Å². The number of hydrogen-bond donors (Lipinski definition) is 1. The van der Waals surface area contributed by atoms with Gasteiger partial charge in [-0.25, -0.2) is 5.32 Å². The van der Waals surface area contributed by atoms with E-state index in [4.69, 9.17) is 0 Å². The SMILES string of the molecule is O=[N+]([O-])C1NCCS1. The number of nitrogens with zero attached hydrogens (tertiary/aromatic N) is 1. The van der Waals surface area contributed by atoms with E-state index in [0.717, 1.165) is 12.3 Å². The molecular formula is C3H6N2O2S. The van der Waals surface area contributed by atoms with Gasteiger partial charge >= 0.3 is 5.50 Å². The number of rotatable bonds is 1. The van der Waals surface area contributed by atoms with Crippen LogP contribution in [-0.4, -0.2) is 22.7 Å². The lowest BCUT2D eigenvalue weighted by atomic mass is 10.8. The predicted molar refractivity (Wildman–Crippen MR) is 31.2 cm³/mol. The standard InChI is InChI=1S/C3H6N2O2S/c6-5(7)3-4-1-2-8-3/h3-4H,1-2H2. The zero-order valence-electron chi connectivity index (χ0n) is 4.16. The van der Waals surface area contributed by atoms with Crippen molar-refractivity contribution < 1.29 is 4.92 Å². The van der Waals surface area contributed by atoms with E-state index in [1.165, 1.54) is 11.8 Å². The minimum atomic E-state index is -0.546. The van der Waals surface area contributed by atoms with Gasteiger partial charge in [-0.3, -0.25) is 10.1 Å². The Morgan fingerprint density at radius 3 is 2.88 bits per heavy atom. The third-order valence-corrected chi connectivity index (χ3v) is 1.98. The van der Waals surface area contributed by atoms with Crippen molar-refractivity contribution in [3.05, 3.63) is 10.1 Å². The van der Waals surface area contributed by atoms with Crippen LogP contribution < -0.4 is 5.32 Å². The maximum Gasteiger partial charge on any atom is 0.313 e. The second-order valence-electron chi connectivity index (χ2n) is 1.46. The summed E-state index contributed by atoms with van der Waals surface area (Å²) >= 11 is 1.34. The Kier molecular flexibility index (Phi) is 1.69. The summed E-state index contributed by atoms with van der Waals surface area (Å²) in [5.74, 6) is 0.853. The summed E-state index contributed by atoms with van der Waals surface area (Å²) in [6.07, 6.45) is 0. The molecule has 1 heterocycles. The Balaban J connectivity index is 2.35. The third-order valence-electron chi connectivity index (χ3n) is 0.888. The van der Waals surface area contributed by atoms with Gasteiger partial charge in [-0.1, -0.05) is 11.8 Å². The molecule has 0 aromatic rings. The van der Waals surface area contributed by atoms with E-state index in [1.54, 1.807) is 0 Å². The first-order chi connectivity index (χ1) is 3.80. The van der Waals surface area contributed by atoms with E-state index < -0.39 is 5.50 Å². The molecule has 0 aromatic heterocycles. The van der Waals surface area contributed by atoms with Gasteiger partial charge in [0.1, 0.15) is 0 Å². The van der Waals surface area contributed by atoms with Gasteiger partial charge in [0.05, 0.1) is 4.92 Å². The van der Waals surface area contributed by atoms with Gasteiger partial charge in [0, 0.05) is 12.3 Å². The van der Waals surface area contributed by atoms with Gasteiger partial charge < -0.3 is 0 Å². The molecule has 1 fully saturated rings. The first kappa shape index (κ1) is 5.84. The Hall–Kier alpha value is -0.290. The van der Waals surface area contributed by atoms with E-state index >= 15 is 0 Å². The molecule has 8 heavy (non-hydrogen) atoms. The Labute approximate surface area is 50.8 Å². The van der Waals surface area contributed by atoms with Crippen molar-refractivity contribution in [1.29, 1.82) is 0 Å². The van der Waals surface area contributed by atoms with Crippen molar-refractivity contribution in [3.63, 3.8) is 0 Å². The van der Waals surface area contributed by atoms with E-state index in [-0.39, 0.29) is 4.92 Å². The average molecular weight is 134 g/mol. The summed E-state index contributed by atoms with van der Waals surface area (Å²) in [6, 6.07) is 0. The van der Waals surface area contributed by atoms with Crippen molar-refractivity contribution >= 4 is 11.8 Å². The van der Waals surface area contributed by atoms with Crippen LogP contribution in [0.3, 0.4) is 0 Å².